The molecule has 0 heterocycles. The van der Waals surface area contributed by atoms with Crippen molar-refractivity contribution in [2.75, 3.05) is 0 Å². The number of thioether (sulfide) groups is 1. The van der Waals surface area contributed by atoms with Crippen LogP contribution >= 0.6 is 11.8 Å². The molecule has 3 nitrogen and oxygen atoms in total. The molecule has 0 aliphatic heterocycles. The lowest BCUT2D eigenvalue weighted by Crippen LogP contribution is -2.49. The van der Waals surface area contributed by atoms with Crippen molar-refractivity contribution in [2.45, 2.75) is 44.1 Å². The average molecular weight is 340 g/mol. The largest absolute Gasteiger partial charge is 0.508 e. The van der Waals surface area contributed by atoms with Gasteiger partial charge in [0.15, 0.2) is 5.78 Å². The third kappa shape index (κ3) is 1.93. The first-order valence-electron chi connectivity index (χ1n) is 8.17. The Balaban J connectivity index is 1.85. The van der Waals surface area contributed by atoms with E-state index in [-0.39, 0.29) is 16.9 Å². The number of rotatable bonds is 2. The molecule has 0 unspecified atom stereocenters. The van der Waals surface area contributed by atoms with Crippen LogP contribution in [0, 0.1) is 5.41 Å². The normalized spacial score (nSPS) is 27.7. The van der Waals surface area contributed by atoms with Crippen LogP contribution in [0.15, 0.2) is 62.4 Å². The molecule has 1 saturated carbocycles. The fourth-order valence-electron chi connectivity index (χ4n) is 4.03. The predicted molar refractivity (Wildman–Crippen MR) is 94.7 cm³/mol. The van der Waals surface area contributed by atoms with E-state index in [1.165, 1.54) is 11.8 Å². The maximum absolute atomic E-state index is 13.1. The lowest BCUT2D eigenvalue weighted by atomic mass is 9.68. The molecule has 1 atom stereocenters. The fourth-order valence-corrected chi connectivity index (χ4v) is 5.06. The summed E-state index contributed by atoms with van der Waals surface area (Å²) >= 11 is 1.51. The predicted octanol–water partition coefficient (Wildman–Crippen LogP) is 4.13. The zero-order valence-electron chi connectivity index (χ0n) is 14.0. The van der Waals surface area contributed by atoms with Gasteiger partial charge >= 0.3 is 0 Å². The van der Waals surface area contributed by atoms with E-state index in [2.05, 4.69) is 13.0 Å². The summed E-state index contributed by atoms with van der Waals surface area (Å²) in [4.78, 5) is 15.0. The number of Topliss-reactive ketones (excluding diaryl/α,β-unsaturated/α-hetero) is 1. The first-order valence-corrected chi connectivity index (χ1v) is 8.98. The molecular formula is C20H20O3S. The van der Waals surface area contributed by atoms with Crippen molar-refractivity contribution in [2.24, 2.45) is 5.41 Å². The van der Waals surface area contributed by atoms with Crippen molar-refractivity contribution >= 4 is 17.5 Å². The molecule has 3 aliphatic rings. The van der Waals surface area contributed by atoms with Gasteiger partial charge in [0.1, 0.15) is 11.4 Å². The van der Waals surface area contributed by atoms with Gasteiger partial charge in [-0.1, -0.05) is 23.4 Å². The van der Waals surface area contributed by atoms with Crippen LogP contribution in [0.2, 0.25) is 0 Å². The zero-order valence-corrected chi connectivity index (χ0v) is 14.8. The highest BCUT2D eigenvalue weighted by Gasteiger charge is 2.64. The van der Waals surface area contributed by atoms with E-state index < -0.39 is 5.60 Å². The summed E-state index contributed by atoms with van der Waals surface area (Å²) in [6, 6.07) is 6.95. The van der Waals surface area contributed by atoms with Crippen LogP contribution in [0.3, 0.4) is 0 Å². The molecule has 0 radical (unpaired) electrons. The molecule has 0 saturated heterocycles. The molecule has 4 heteroatoms. The second-order valence-corrected chi connectivity index (χ2v) is 8.23. The third-order valence-electron chi connectivity index (χ3n) is 5.74. The Kier molecular flexibility index (Phi) is 3.19. The Bertz CT molecular complexity index is 849. The van der Waals surface area contributed by atoms with E-state index in [4.69, 9.17) is 0 Å². The Morgan fingerprint density at radius 1 is 1.12 bits per heavy atom. The van der Waals surface area contributed by atoms with Gasteiger partial charge in [0.05, 0.1) is 0 Å². The van der Waals surface area contributed by atoms with Crippen LogP contribution < -0.4 is 0 Å². The number of aliphatic hydroxyl groups is 1. The first-order chi connectivity index (χ1) is 11.3. The van der Waals surface area contributed by atoms with Crippen LogP contribution in [0.4, 0.5) is 0 Å². The number of carbonyl (C=O) groups excluding carboxylic acids is 1. The second-order valence-electron chi connectivity index (χ2n) is 7.15. The number of aromatic hydroxyl groups is 1. The van der Waals surface area contributed by atoms with Gasteiger partial charge in [0.25, 0.3) is 0 Å². The van der Waals surface area contributed by atoms with Gasteiger partial charge in [0, 0.05) is 20.8 Å². The van der Waals surface area contributed by atoms with Gasteiger partial charge in [-0.15, -0.1) is 0 Å². The van der Waals surface area contributed by atoms with Gasteiger partial charge < -0.3 is 10.2 Å². The number of hydrogen-bond acceptors (Lipinski definition) is 4. The molecule has 2 N–H and O–H groups in total. The van der Waals surface area contributed by atoms with Gasteiger partial charge in [0.2, 0.25) is 0 Å². The van der Waals surface area contributed by atoms with Gasteiger partial charge in [-0.05, 0) is 69.0 Å². The van der Waals surface area contributed by atoms with E-state index in [0.29, 0.717) is 5.57 Å². The highest BCUT2D eigenvalue weighted by molar-refractivity contribution is 8.03. The number of hydrogen-bond donors (Lipinski definition) is 2. The quantitative estimate of drug-likeness (QED) is 0.850. The van der Waals surface area contributed by atoms with E-state index >= 15 is 0 Å². The molecule has 1 aromatic carbocycles. The molecule has 4 rings (SSSR count). The number of allylic oxidation sites excluding steroid dienone is 3. The van der Waals surface area contributed by atoms with Crippen LogP contribution in [0.25, 0.3) is 0 Å². The number of phenolic OH excluding ortho intramolecular Hbond substituents is 1. The van der Waals surface area contributed by atoms with Crippen LogP contribution in [-0.4, -0.2) is 21.6 Å². The number of carbonyl (C=O) groups is 1. The zero-order chi connectivity index (χ0) is 17.3. The summed E-state index contributed by atoms with van der Waals surface area (Å²) in [6.45, 7) is 5.74. The van der Waals surface area contributed by atoms with E-state index in [9.17, 15) is 15.0 Å². The third-order valence-corrected chi connectivity index (χ3v) is 6.98. The highest BCUT2D eigenvalue weighted by atomic mass is 32.2. The summed E-state index contributed by atoms with van der Waals surface area (Å²) in [5, 5.41) is 20.4. The smallest absolute Gasteiger partial charge is 0.196 e. The van der Waals surface area contributed by atoms with Crippen molar-refractivity contribution in [3.63, 3.8) is 0 Å². The SMILES string of the molecule is CC1=CC2=C(C)C3(CC3)[C@@](C)(O)C(=O)C2=C1Sc1ccc(O)cc1. The molecule has 124 valence electrons. The van der Waals surface area contributed by atoms with Gasteiger partial charge in [-0.3, -0.25) is 4.79 Å². The second kappa shape index (κ2) is 4.87. The monoisotopic (exact) mass is 340 g/mol. The maximum atomic E-state index is 13.1. The van der Waals surface area contributed by atoms with Crippen molar-refractivity contribution in [1.82, 2.24) is 0 Å². The van der Waals surface area contributed by atoms with Crippen molar-refractivity contribution in [3.05, 3.63) is 57.5 Å². The Morgan fingerprint density at radius 2 is 1.75 bits per heavy atom. The molecule has 0 amide bonds. The molecule has 1 fully saturated rings. The molecule has 24 heavy (non-hydrogen) atoms. The molecule has 3 aliphatic carbocycles. The summed E-state index contributed by atoms with van der Waals surface area (Å²) in [6.07, 6.45) is 3.84. The molecular weight excluding hydrogens is 320 g/mol. The average Bonchev–Trinajstić information content (AvgIpc) is 3.29. The minimum Gasteiger partial charge on any atom is -0.508 e. The minimum atomic E-state index is -1.32. The molecule has 0 aromatic heterocycles. The summed E-state index contributed by atoms with van der Waals surface area (Å²) in [7, 11) is 0. The maximum Gasteiger partial charge on any atom is 0.196 e. The summed E-state index contributed by atoms with van der Waals surface area (Å²) in [5.41, 5.74) is 2.17. The Morgan fingerprint density at radius 3 is 2.33 bits per heavy atom. The number of benzene rings is 1. The molecule has 1 aromatic rings. The summed E-state index contributed by atoms with van der Waals surface area (Å²) < 4.78 is 0. The lowest BCUT2D eigenvalue weighted by Gasteiger charge is -2.38. The summed E-state index contributed by atoms with van der Waals surface area (Å²) in [5.74, 6) is 0.0643. The van der Waals surface area contributed by atoms with Crippen molar-refractivity contribution in [1.29, 1.82) is 0 Å². The number of ketones is 1. The van der Waals surface area contributed by atoms with Crippen LogP contribution in [-0.2, 0) is 4.79 Å². The topological polar surface area (TPSA) is 57.5 Å². The van der Waals surface area contributed by atoms with Gasteiger partial charge in [-0.25, -0.2) is 0 Å². The van der Waals surface area contributed by atoms with Gasteiger partial charge in [-0.2, -0.15) is 0 Å². The fraction of sp³-hybridized carbons (Fsp3) is 0.350. The van der Waals surface area contributed by atoms with E-state index in [0.717, 1.165) is 39.4 Å². The standard InChI is InChI=1S/C20H20O3S/c1-11-10-15-12(2)20(8-9-20)19(3,23)18(22)16(15)17(11)24-14-6-4-13(21)5-7-14/h4-7,10,21,23H,8-9H2,1-3H3/t19-/m0/s1. The number of phenols is 1. The van der Waals surface area contributed by atoms with Crippen molar-refractivity contribution < 1.29 is 15.0 Å². The Hall–Kier alpha value is -1.78. The molecule has 0 bridgehead atoms. The Labute approximate surface area is 145 Å². The van der Waals surface area contributed by atoms with Crippen molar-refractivity contribution in [3.8, 4) is 5.75 Å². The number of fused-ring (bicyclic) bond motifs is 1. The van der Waals surface area contributed by atoms with Crippen LogP contribution in [0.5, 0.6) is 5.75 Å². The van der Waals surface area contributed by atoms with Crippen LogP contribution in [0.1, 0.15) is 33.6 Å². The van der Waals surface area contributed by atoms with E-state index in [1.807, 2.05) is 19.1 Å². The minimum absolute atomic E-state index is 0.157. The van der Waals surface area contributed by atoms with E-state index in [1.54, 1.807) is 19.1 Å². The highest BCUT2D eigenvalue weighted by Crippen LogP contribution is 2.65. The molecule has 1 spiro atoms. The lowest BCUT2D eigenvalue weighted by molar-refractivity contribution is -0.137. The first kappa shape index (κ1) is 15.7.